The van der Waals surface area contributed by atoms with Crippen molar-refractivity contribution in [1.29, 1.82) is 0 Å². The van der Waals surface area contributed by atoms with Gasteiger partial charge in [-0.05, 0) is 33.4 Å². The number of nitrogens with two attached hydrogens (primary N) is 1. The summed E-state index contributed by atoms with van der Waals surface area (Å²) in [4.78, 5) is 2.63. The topological polar surface area (TPSA) is 84.5 Å². The molecule has 0 saturated carbocycles. The molecule has 0 spiro atoms. The number of hydrogen-bond acceptors (Lipinski definition) is 5. The van der Waals surface area contributed by atoms with Gasteiger partial charge >= 0.3 is 0 Å². The number of piperazine rings is 1. The van der Waals surface area contributed by atoms with E-state index in [1.807, 2.05) is 0 Å². The second-order valence-electron chi connectivity index (χ2n) is 5.51. The third kappa shape index (κ3) is 3.28. The van der Waals surface area contributed by atoms with Gasteiger partial charge in [-0.25, -0.2) is 8.42 Å². The first-order chi connectivity index (χ1) is 9.87. The number of sulfonamides is 1. The molecule has 0 aromatic carbocycles. The third-order valence-electron chi connectivity index (χ3n) is 4.05. The highest BCUT2D eigenvalue weighted by Crippen LogP contribution is 2.23. The molecule has 8 heteroatoms. The van der Waals surface area contributed by atoms with Crippen LogP contribution in [-0.2, 0) is 17.1 Å². The molecule has 0 bridgehead atoms. The van der Waals surface area contributed by atoms with Crippen LogP contribution in [0.5, 0.6) is 0 Å². The molecular weight excluding hydrogens is 290 g/mol. The van der Waals surface area contributed by atoms with Crippen molar-refractivity contribution in [2.75, 3.05) is 39.3 Å². The Balaban J connectivity index is 2.12. The molecule has 1 aromatic heterocycles. The molecule has 2 heterocycles. The van der Waals surface area contributed by atoms with Gasteiger partial charge in [-0.15, -0.1) is 0 Å². The average Bonchev–Trinajstić information content (AvgIpc) is 2.70. The molecule has 0 aliphatic carbocycles. The van der Waals surface area contributed by atoms with Crippen LogP contribution in [0.15, 0.2) is 4.90 Å². The molecule has 0 amide bonds. The minimum absolute atomic E-state index is 0.361. The Morgan fingerprint density at radius 2 is 1.81 bits per heavy atom. The Morgan fingerprint density at radius 1 is 1.19 bits per heavy atom. The zero-order valence-corrected chi connectivity index (χ0v) is 13.9. The lowest BCUT2D eigenvalue weighted by atomic mass is 10.3. The van der Waals surface area contributed by atoms with Crippen LogP contribution in [0.2, 0.25) is 0 Å². The van der Waals surface area contributed by atoms with Crippen molar-refractivity contribution in [2.45, 2.75) is 25.2 Å². The standard InChI is InChI=1S/C13H25N5O2S/c1-11-13(12(2)16(3)15-11)21(19,20)18-9-7-17(8-10-18)6-4-5-14/h4-10,14H2,1-3H3. The van der Waals surface area contributed by atoms with Gasteiger partial charge in [-0.2, -0.15) is 9.40 Å². The van der Waals surface area contributed by atoms with Gasteiger partial charge < -0.3 is 10.6 Å². The highest BCUT2D eigenvalue weighted by Gasteiger charge is 2.32. The maximum absolute atomic E-state index is 12.8. The second-order valence-corrected chi connectivity index (χ2v) is 7.39. The zero-order valence-electron chi connectivity index (χ0n) is 13.0. The van der Waals surface area contributed by atoms with Crippen molar-refractivity contribution < 1.29 is 8.42 Å². The van der Waals surface area contributed by atoms with Gasteiger partial charge in [0.05, 0.1) is 11.4 Å². The highest BCUT2D eigenvalue weighted by molar-refractivity contribution is 7.89. The molecule has 21 heavy (non-hydrogen) atoms. The molecule has 0 radical (unpaired) electrons. The minimum atomic E-state index is -3.45. The van der Waals surface area contributed by atoms with Crippen molar-refractivity contribution in [3.8, 4) is 0 Å². The SMILES string of the molecule is Cc1nn(C)c(C)c1S(=O)(=O)N1CCN(CCCN)CC1. The summed E-state index contributed by atoms with van der Waals surface area (Å²) in [5.74, 6) is 0. The van der Waals surface area contributed by atoms with E-state index in [0.29, 0.717) is 35.9 Å². The van der Waals surface area contributed by atoms with Crippen LogP contribution in [-0.4, -0.2) is 66.7 Å². The monoisotopic (exact) mass is 315 g/mol. The Kier molecular flexibility index (Phi) is 5.03. The summed E-state index contributed by atoms with van der Waals surface area (Å²) in [6.07, 6.45) is 0.952. The van der Waals surface area contributed by atoms with Crippen LogP contribution in [0, 0.1) is 13.8 Å². The largest absolute Gasteiger partial charge is 0.330 e. The van der Waals surface area contributed by atoms with Crippen molar-refractivity contribution in [1.82, 2.24) is 19.0 Å². The average molecular weight is 315 g/mol. The second kappa shape index (κ2) is 6.43. The molecule has 0 atom stereocenters. The van der Waals surface area contributed by atoms with E-state index in [4.69, 9.17) is 5.73 Å². The maximum Gasteiger partial charge on any atom is 0.246 e. The van der Waals surface area contributed by atoms with Gasteiger partial charge in [0.15, 0.2) is 0 Å². The molecule has 1 saturated heterocycles. The summed E-state index contributed by atoms with van der Waals surface area (Å²) in [6, 6.07) is 0. The summed E-state index contributed by atoms with van der Waals surface area (Å²) >= 11 is 0. The molecule has 2 N–H and O–H groups in total. The molecule has 1 aliphatic heterocycles. The molecule has 1 aliphatic rings. The molecule has 1 fully saturated rings. The molecular formula is C13H25N5O2S. The summed E-state index contributed by atoms with van der Waals surface area (Å²) in [6.45, 7) is 7.74. The first-order valence-electron chi connectivity index (χ1n) is 7.30. The maximum atomic E-state index is 12.8. The van der Waals surface area contributed by atoms with E-state index >= 15 is 0 Å². The van der Waals surface area contributed by atoms with E-state index in [2.05, 4.69) is 10.00 Å². The first-order valence-corrected chi connectivity index (χ1v) is 8.74. The lowest BCUT2D eigenvalue weighted by Crippen LogP contribution is -2.49. The fourth-order valence-electron chi connectivity index (χ4n) is 2.76. The minimum Gasteiger partial charge on any atom is -0.330 e. The zero-order chi connectivity index (χ0) is 15.6. The molecule has 0 unspecified atom stereocenters. The number of nitrogens with zero attached hydrogens (tertiary/aromatic N) is 4. The van der Waals surface area contributed by atoms with Crippen LogP contribution in [0.1, 0.15) is 17.8 Å². The highest BCUT2D eigenvalue weighted by atomic mass is 32.2. The normalized spacial score (nSPS) is 18.3. The van der Waals surface area contributed by atoms with Gasteiger partial charge in [-0.3, -0.25) is 4.68 Å². The van der Waals surface area contributed by atoms with Crippen molar-refractivity contribution in [3.63, 3.8) is 0 Å². The number of rotatable bonds is 5. The van der Waals surface area contributed by atoms with E-state index in [0.717, 1.165) is 26.1 Å². The van der Waals surface area contributed by atoms with E-state index < -0.39 is 10.0 Å². The van der Waals surface area contributed by atoms with Gasteiger partial charge in [0.25, 0.3) is 0 Å². The van der Waals surface area contributed by atoms with Gasteiger partial charge in [0.2, 0.25) is 10.0 Å². The van der Waals surface area contributed by atoms with Crippen molar-refractivity contribution in [3.05, 3.63) is 11.4 Å². The smallest absolute Gasteiger partial charge is 0.246 e. The van der Waals surface area contributed by atoms with E-state index in [1.165, 1.54) is 0 Å². The molecule has 7 nitrogen and oxygen atoms in total. The lowest BCUT2D eigenvalue weighted by molar-refractivity contribution is 0.187. The Bertz CT molecular complexity index is 588. The molecule has 1 aromatic rings. The van der Waals surface area contributed by atoms with Crippen LogP contribution >= 0.6 is 0 Å². The van der Waals surface area contributed by atoms with Crippen molar-refractivity contribution in [2.24, 2.45) is 12.8 Å². The quantitative estimate of drug-likeness (QED) is 0.806. The van der Waals surface area contributed by atoms with E-state index in [9.17, 15) is 8.42 Å². The van der Waals surface area contributed by atoms with Gasteiger partial charge in [-0.1, -0.05) is 0 Å². The van der Waals surface area contributed by atoms with Crippen LogP contribution in [0.3, 0.4) is 0 Å². The molecule has 2 rings (SSSR count). The van der Waals surface area contributed by atoms with Gasteiger partial charge in [0.1, 0.15) is 4.90 Å². The lowest BCUT2D eigenvalue weighted by Gasteiger charge is -2.33. The van der Waals surface area contributed by atoms with E-state index in [-0.39, 0.29) is 0 Å². The predicted molar refractivity (Wildman–Crippen MR) is 81.6 cm³/mol. The Hall–Kier alpha value is -0.960. The number of aromatic nitrogens is 2. The van der Waals surface area contributed by atoms with Crippen LogP contribution in [0.4, 0.5) is 0 Å². The third-order valence-corrected chi connectivity index (χ3v) is 6.20. The van der Waals surface area contributed by atoms with Crippen molar-refractivity contribution >= 4 is 10.0 Å². The first kappa shape index (κ1) is 16.4. The Labute approximate surface area is 126 Å². The summed E-state index contributed by atoms with van der Waals surface area (Å²) in [7, 11) is -1.68. The van der Waals surface area contributed by atoms with Crippen LogP contribution in [0.25, 0.3) is 0 Å². The van der Waals surface area contributed by atoms with Gasteiger partial charge in [0, 0.05) is 33.2 Å². The summed E-state index contributed by atoms with van der Waals surface area (Å²) in [5, 5.41) is 4.21. The fraction of sp³-hybridized carbons (Fsp3) is 0.769. The fourth-order valence-corrected chi connectivity index (χ4v) is 4.59. The Morgan fingerprint density at radius 3 is 2.29 bits per heavy atom. The van der Waals surface area contributed by atoms with Crippen LogP contribution < -0.4 is 5.73 Å². The predicted octanol–water partition coefficient (Wildman–Crippen LogP) is -0.308. The summed E-state index contributed by atoms with van der Waals surface area (Å²) in [5.41, 5.74) is 6.77. The summed E-state index contributed by atoms with van der Waals surface area (Å²) < 4.78 is 28.8. The van der Waals surface area contributed by atoms with E-state index in [1.54, 1.807) is 29.9 Å². The molecule has 120 valence electrons. The number of aryl methyl sites for hydroxylation is 2. The number of hydrogen-bond donors (Lipinski definition) is 1.